The molecule has 0 amide bonds. The van der Waals surface area contributed by atoms with Crippen molar-refractivity contribution in [1.82, 2.24) is 19.9 Å². The first-order valence-electron chi connectivity index (χ1n) is 6.66. The largest absolute Gasteiger partial charge is 0.368 e. The first-order chi connectivity index (χ1) is 9.04. The Kier molecular flexibility index (Phi) is 4.36. The molecule has 0 aromatic carbocycles. The first-order valence-corrected chi connectivity index (χ1v) is 6.66. The van der Waals surface area contributed by atoms with Crippen molar-refractivity contribution >= 4 is 17.8 Å². The first kappa shape index (κ1) is 13.8. The molecule has 1 fully saturated rings. The van der Waals surface area contributed by atoms with E-state index in [1.165, 1.54) is 19.4 Å². The van der Waals surface area contributed by atoms with Crippen molar-refractivity contribution in [3.63, 3.8) is 0 Å². The van der Waals surface area contributed by atoms with Gasteiger partial charge < -0.3 is 20.9 Å². The molecule has 1 aromatic heterocycles. The highest BCUT2D eigenvalue weighted by Crippen LogP contribution is 2.16. The maximum Gasteiger partial charge on any atom is 0.231 e. The molecule has 106 valence electrons. The van der Waals surface area contributed by atoms with Crippen LogP contribution in [0, 0.1) is 5.92 Å². The van der Waals surface area contributed by atoms with E-state index in [0.717, 1.165) is 13.1 Å². The Morgan fingerprint density at radius 2 is 2.16 bits per heavy atom. The van der Waals surface area contributed by atoms with Crippen LogP contribution in [-0.2, 0) is 0 Å². The Bertz CT molecular complexity index is 421. The molecule has 1 aromatic rings. The lowest BCUT2D eigenvalue weighted by molar-refractivity contribution is 0.217. The summed E-state index contributed by atoms with van der Waals surface area (Å²) in [5.41, 5.74) is 5.69. The summed E-state index contributed by atoms with van der Waals surface area (Å²) in [6, 6.07) is 0. The van der Waals surface area contributed by atoms with Gasteiger partial charge in [0.1, 0.15) is 0 Å². The van der Waals surface area contributed by atoms with Gasteiger partial charge in [-0.05, 0) is 32.4 Å². The minimum Gasteiger partial charge on any atom is -0.368 e. The lowest BCUT2D eigenvalue weighted by Gasteiger charge is -2.29. The number of hydrogen-bond donors (Lipinski definition) is 2. The molecule has 1 aliphatic rings. The van der Waals surface area contributed by atoms with Gasteiger partial charge in [-0.1, -0.05) is 0 Å². The number of aromatic nitrogens is 3. The molecule has 2 heterocycles. The molecule has 0 radical (unpaired) electrons. The van der Waals surface area contributed by atoms with Crippen LogP contribution in [0.3, 0.4) is 0 Å². The quantitative estimate of drug-likeness (QED) is 0.808. The lowest BCUT2D eigenvalue weighted by atomic mass is 9.99. The van der Waals surface area contributed by atoms with E-state index in [1.807, 2.05) is 19.0 Å². The van der Waals surface area contributed by atoms with Crippen LogP contribution in [0.2, 0.25) is 0 Å². The van der Waals surface area contributed by atoms with E-state index in [4.69, 9.17) is 5.73 Å². The number of likely N-dealkylation sites (tertiary alicyclic amines) is 1. The van der Waals surface area contributed by atoms with Gasteiger partial charge in [0.15, 0.2) is 0 Å². The van der Waals surface area contributed by atoms with Crippen molar-refractivity contribution in [3.8, 4) is 0 Å². The molecular weight excluding hydrogens is 242 g/mol. The number of hydrogen-bond acceptors (Lipinski definition) is 7. The van der Waals surface area contributed by atoms with Crippen molar-refractivity contribution in [2.24, 2.45) is 5.92 Å². The third-order valence-electron chi connectivity index (χ3n) is 3.31. The van der Waals surface area contributed by atoms with Gasteiger partial charge in [-0.25, -0.2) is 0 Å². The highest BCUT2D eigenvalue weighted by Gasteiger charge is 2.17. The van der Waals surface area contributed by atoms with Crippen molar-refractivity contribution in [1.29, 1.82) is 0 Å². The highest BCUT2D eigenvalue weighted by molar-refractivity contribution is 5.40. The van der Waals surface area contributed by atoms with E-state index in [1.54, 1.807) is 0 Å². The molecule has 1 saturated heterocycles. The van der Waals surface area contributed by atoms with Gasteiger partial charge in [-0.3, -0.25) is 0 Å². The van der Waals surface area contributed by atoms with E-state index < -0.39 is 0 Å². The predicted molar refractivity (Wildman–Crippen MR) is 77.3 cm³/mol. The van der Waals surface area contributed by atoms with Crippen LogP contribution in [0.25, 0.3) is 0 Å². The van der Waals surface area contributed by atoms with Crippen molar-refractivity contribution in [2.45, 2.75) is 12.8 Å². The average molecular weight is 265 g/mol. The normalized spacial score (nSPS) is 20.3. The molecule has 3 N–H and O–H groups in total. The number of anilines is 3. The molecule has 0 saturated carbocycles. The Balaban J connectivity index is 1.95. The molecular formula is C12H23N7. The van der Waals surface area contributed by atoms with E-state index in [9.17, 15) is 0 Å². The predicted octanol–water partition coefficient (Wildman–Crippen LogP) is 0.274. The zero-order chi connectivity index (χ0) is 13.8. The van der Waals surface area contributed by atoms with E-state index >= 15 is 0 Å². The van der Waals surface area contributed by atoms with E-state index in [2.05, 4.69) is 32.2 Å². The fourth-order valence-electron chi connectivity index (χ4n) is 2.34. The Morgan fingerprint density at radius 3 is 2.84 bits per heavy atom. The second-order valence-electron chi connectivity index (χ2n) is 5.36. The zero-order valence-corrected chi connectivity index (χ0v) is 11.9. The summed E-state index contributed by atoms with van der Waals surface area (Å²) in [5.74, 6) is 2.03. The Morgan fingerprint density at radius 1 is 1.37 bits per heavy atom. The third-order valence-corrected chi connectivity index (χ3v) is 3.31. The van der Waals surface area contributed by atoms with Crippen LogP contribution in [-0.4, -0.2) is 60.6 Å². The SMILES string of the molecule is CN1CCCC(CNc2nc(N)nc(N(C)C)n2)C1. The minimum absolute atomic E-state index is 0.252. The van der Waals surface area contributed by atoms with Crippen LogP contribution in [0.1, 0.15) is 12.8 Å². The van der Waals surface area contributed by atoms with E-state index in [0.29, 0.717) is 17.8 Å². The number of piperidine rings is 1. The summed E-state index contributed by atoms with van der Waals surface area (Å²) in [4.78, 5) is 16.7. The number of nitrogens with one attached hydrogen (secondary N) is 1. The van der Waals surface area contributed by atoms with Gasteiger partial charge in [0.05, 0.1) is 0 Å². The molecule has 1 aliphatic heterocycles. The van der Waals surface area contributed by atoms with Crippen molar-refractivity contribution in [3.05, 3.63) is 0 Å². The van der Waals surface area contributed by atoms with Crippen LogP contribution >= 0.6 is 0 Å². The van der Waals surface area contributed by atoms with Gasteiger partial charge in [-0.2, -0.15) is 15.0 Å². The fraction of sp³-hybridized carbons (Fsp3) is 0.750. The zero-order valence-electron chi connectivity index (χ0n) is 11.9. The molecule has 7 nitrogen and oxygen atoms in total. The Hall–Kier alpha value is -1.63. The molecule has 2 rings (SSSR count). The maximum atomic E-state index is 5.69. The third kappa shape index (κ3) is 3.92. The molecule has 7 heteroatoms. The second kappa shape index (κ2) is 6.01. The van der Waals surface area contributed by atoms with Crippen LogP contribution in [0.5, 0.6) is 0 Å². The second-order valence-corrected chi connectivity index (χ2v) is 5.36. The molecule has 1 unspecified atom stereocenters. The average Bonchev–Trinajstić information content (AvgIpc) is 2.36. The molecule has 0 bridgehead atoms. The van der Waals surface area contributed by atoms with Gasteiger partial charge in [0.2, 0.25) is 17.8 Å². The molecule has 0 spiro atoms. The van der Waals surface area contributed by atoms with Crippen molar-refractivity contribution < 1.29 is 0 Å². The lowest BCUT2D eigenvalue weighted by Crippen LogP contribution is -2.35. The summed E-state index contributed by atoms with van der Waals surface area (Å²) in [6.07, 6.45) is 2.50. The smallest absolute Gasteiger partial charge is 0.231 e. The maximum absolute atomic E-state index is 5.69. The van der Waals surface area contributed by atoms with Crippen LogP contribution in [0.4, 0.5) is 17.8 Å². The van der Waals surface area contributed by atoms with E-state index in [-0.39, 0.29) is 5.95 Å². The van der Waals surface area contributed by atoms with Gasteiger partial charge >= 0.3 is 0 Å². The molecule has 0 aliphatic carbocycles. The summed E-state index contributed by atoms with van der Waals surface area (Å²) in [6.45, 7) is 3.19. The van der Waals surface area contributed by atoms with Crippen LogP contribution < -0.4 is 16.0 Å². The number of rotatable bonds is 4. The fourth-order valence-corrected chi connectivity index (χ4v) is 2.34. The van der Waals surface area contributed by atoms with Gasteiger partial charge in [0.25, 0.3) is 0 Å². The standard InChI is InChI=1S/C12H23N7/c1-18(2)12-16-10(13)15-11(17-12)14-7-9-5-4-6-19(3)8-9/h9H,4-8H2,1-3H3,(H3,13,14,15,16,17). The number of nitrogen functional groups attached to an aromatic ring is 1. The monoisotopic (exact) mass is 265 g/mol. The summed E-state index contributed by atoms with van der Waals surface area (Å²) < 4.78 is 0. The summed E-state index contributed by atoms with van der Waals surface area (Å²) in [7, 11) is 5.93. The molecule has 1 atom stereocenters. The summed E-state index contributed by atoms with van der Waals surface area (Å²) in [5, 5.41) is 3.28. The topological polar surface area (TPSA) is 83.2 Å². The number of nitrogens with zero attached hydrogens (tertiary/aromatic N) is 5. The summed E-state index contributed by atoms with van der Waals surface area (Å²) >= 11 is 0. The van der Waals surface area contributed by atoms with Crippen molar-refractivity contribution in [2.75, 3.05) is 56.7 Å². The highest BCUT2D eigenvalue weighted by atomic mass is 15.3. The number of nitrogens with two attached hydrogens (primary N) is 1. The minimum atomic E-state index is 0.252. The molecule has 19 heavy (non-hydrogen) atoms. The van der Waals surface area contributed by atoms with Gasteiger partial charge in [0, 0.05) is 27.2 Å². The van der Waals surface area contributed by atoms with Crippen LogP contribution in [0.15, 0.2) is 0 Å². The van der Waals surface area contributed by atoms with Gasteiger partial charge in [-0.15, -0.1) is 0 Å². The Labute approximate surface area is 114 Å².